The summed E-state index contributed by atoms with van der Waals surface area (Å²) in [5.74, 6) is 0. The third-order valence-corrected chi connectivity index (χ3v) is 4.03. The molecule has 2 saturated heterocycles. The summed E-state index contributed by atoms with van der Waals surface area (Å²) in [4.78, 5) is 2.75. The van der Waals surface area contributed by atoms with Crippen molar-refractivity contribution >= 4 is 0 Å². The van der Waals surface area contributed by atoms with Gasteiger partial charge in [-0.05, 0) is 37.8 Å². The monoisotopic (exact) mass is 201 g/mol. The first-order valence-electron chi connectivity index (χ1n) is 6.26. The molecule has 1 aromatic carbocycles. The highest BCUT2D eigenvalue weighted by molar-refractivity contribution is 5.20. The first-order valence-corrected chi connectivity index (χ1v) is 6.26. The van der Waals surface area contributed by atoms with Crippen LogP contribution >= 0.6 is 0 Å². The quantitative estimate of drug-likeness (QED) is 0.673. The molecule has 0 spiro atoms. The van der Waals surface area contributed by atoms with Crippen molar-refractivity contribution in [3.63, 3.8) is 0 Å². The van der Waals surface area contributed by atoms with E-state index >= 15 is 0 Å². The zero-order valence-electron chi connectivity index (χ0n) is 9.23. The fourth-order valence-electron chi connectivity index (χ4n) is 3.29. The minimum Gasteiger partial charge on any atom is -0.293 e. The molecule has 0 aromatic heterocycles. The van der Waals surface area contributed by atoms with Gasteiger partial charge in [-0.25, -0.2) is 0 Å². The molecule has 15 heavy (non-hydrogen) atoms. The molecule has 2 heterocycles. The highest BCUT2D eigenvalue weighted by atomic mass is 15.2. The summed E-state index contributed by atoms with van der Waals surface area (Å²) in [5.41, 5.74) is 1.53. The Morgan fingerprint density at radius 1 is 0.933 bits per heavy atom. The lowest BCUT2D eigenvalue weighted by Crippen LogP contribution is -2.35. The predicted octanol–water partition coefficient (Wildman–Crippen LogP) is 3.38. The Balaban J connectivity index is 1.82. The van der Waals surface area contributed by atoms with Gasteiger partial charge in [-0.3, -0.25) is 4.90 Å². The maximum Gasteiger partial charge on any atom is 0.0351 e. The SMILES string of the molecule is c1ccc([C@H]2CC[C@H]3CCCCN32)cc1. The van der Waals surface area contributed by atoms with Crippen LogP contribution in [0.5, 0.6) is 0 Å². The molecule has 0 unspecified atom stereocenters. The molecule has 0 aliphatic carbocycles. The van der Waals surface area contributed by atoms with Gasteiger partial charge in [0.2, 0.25) is 0 Å². The van der Waals surface area contributed by atoms with E-state index in [1.165, 1.54) is 44.2 Å². The minimum atomic E-state index is 0.719. The molecule has 2 aliphatic rings. The Kier molecular flexibility index (Phi) is 2.49. The zero-order chi connectivity index (χ0) is 10.1. The average Bonchev–Trinajstić information content (AvgIpc) is 2.74. The van der Waals surface area contributed by atoms with Crippen LogP contribution in [0.2, 0.25) is 0 Å². The van der Waals surface area contributed by atoms with Crippen LogP contribution in [0.15, 0.2) is 30.3 Å². The predicted molar refractivity (Wildman–Crippen MR) is 62.8 cm³/mol. The molecule has 2 aliphatic heterocycles. The number of benzene rings is 1. The second-order valence-corrected chi connectivity index (χ2v) is 4.89. The second kappa shape index (κ2) is 3.97. The molecule has 0 amide bonds. The summed E-state index contributed by atoms with van der Waals surface area (Å²) in [5, 5.41) is 0. The van der Waals surface area contributed by atoms with E-state index in [4.69, 9.17) is 0 Å². The average molecular weight is 201 g/mol. The van der Waals surface area contributed by atoms with Crippen molar-refractivity contribution in [3.05, 3.63) is 35.9 Å². The number of fused-ring (bicyclic) bond motifs is 1. The maximum atomic E-state index is 2.75. The second-order valence-electron chi connectivity index (χ2n) is 4.89. The zero-order valence-corrected chi connectivity index (χ0v) is 9.23. The summed E-state index contributed by atoms with van der Waals surface area (Å²) >= 11 is 0. The van der Waals surface area contributed by atoms with E-state index < -0.39 is 0 Å². The van der Waals surface area contributed by atoms with E-state index in [1.54, 1.807) is 0 Å². The van der Waals surface area contributed by atoms with Gasteiger partial charge in [0, 0.05) is 12.1 Å². The standard InChI is InChI=1S/C14H19N/c1-2-6-12(7-3-1)14-10-9-13-8-4-5-11-15(13)14/h1-3,6-7,13-14H,4-5,8-11H2/t13-,14-/m1/s1. The number of nitrogens with zero attached hydrogens (tertiary/aromatic N) is 1. The first kappa shape index (κ1) is 9.41. The van der Waals surface area contributed by atoms with Crippen LogP contribution in [0, 0.1) is 0 Å². The lowest BCUT2D eigenvalue weighted by atomic mass is 10.0. The molecule has 80 valence electrons. The van der Waals surface area contributed by atoms with E-state index in [0.717, 1.165) is 12.1 Å². The third-order valence-electron chi connectivity index (χ3n) is 4.03. The fourth-order valence-corrected chi connectivity index (χ4v) is 3.29. The molecule has 1 aromatic rings. The Labute approximate surface area is 92.1 Å². The molecule has 2 atom stereocenters. The molecular formula is C14H19N. The summed E-state index contributed by atoms with van der Waals surface area (Å²) in [6, 6.07) is 12.7. The van der Waals surface area contributed by atoms with E-state index in [9.17, 15) is 0 Å². The van der Waals surface area contributed by atoms with Crippen LogP contribution in [0.3, 0.4) is 0 Å². The van der Waals surface area contributed by atoms with Gasteiger partial charge in [0.05, 0.1) is 0 Å². The Morgan fingerprint density at radius 2 is 1.80 bits per heavy atom. The van der Waals surface area contributed by atoms with Gasteiger partial charge in [-0.15, -0.1) is 0 Å². The van der Waals surface area contributed by atoms with Gasteiger partial charge in [0.25, 0.3) is 0 Å². The maximum absolute atomic E-state index is 2.75. The Hall–Kier alpha value is -0.820. The van der Waals surface area contributed by atoms with Crippen molar-refractivity contribution in [2.75, 3.05) is 6.54 Å². The fraction of sp³-hybridized carbons (Fsp3) is 0.571. The molecule has 0 radical (unpaired) electrons. The highest BCUT2D eigenvalue weighted by Gasteiger charge is 2.35. The minimum absolute atomic E-state index is 0.719. The van der Waals surface area contributed by atoms with Gasteiger partial charge < -0.3 is 0 Å². The van der Waals surface area contributed by atoms with Crippen molar-refractivity contribution in [2.24, 2.45) is 0 Å². The molecule has 0 N–H and O–H groups in total. The van der Waals surface area contributed by atoms with Crippen LogP contribution < -0.4 is 0 Å². The van der Waals surface area contributed by atoms with Crippen molar-refractivity contribution in [1.29, 1.82) is 0 Å². The van der Waals surface area contributed by atoms with Crippen molar-refractivity contribution < 1.29 is 0 Å². The summed E-state index contributed by atoms with van der Waals surface area (Å²) in [7, 11) is 0. The van der Waals surface area contributed by atoms with Gasteiger partial charge in [0.15, 0.2) is 0 Å². The highest BCUT2D eigenvalue weighted by Crippen LogP contribution is 2.39. The molecule has 0 saturated carbocycles. The molecule has 1 heteroatoms. The van der Waals surface area contributed by atoms with Crippen molar-refractivity contribution in [2.45, 2.75) is 44.2 Å². The normalized spacial score (nSPS) is 31.5. The topological polar surface area (TPSA) is 3.24 Å². The smallest absolute Gasteiger partial charge is 0.0351 e. The molecule has 0 bridgehead atoms. The number of hydrogen-bond donors (Lipinski definition) is 0. The third kappa shape index (κ3) is 1.69. The van der Waals surface area contributed by atoms with E-state index in [2.05, 4.69) is 35.2 Å². The molecule has 1 nitrogen and oxygen atoms in total. The lowest BCUT2D eigenvalue weighted by Gasteiger charge is -2.34. The largest absolute Gasteiger partial charge is 0.293 e. The number of hydrogen-bond acceptors (Lipinski definition) is 1. The molecule has 2 fully saturated rings. The molecule has 3 rings (SSSR count). The van der Waals surface area contributed by atoms with E-state index in [0.29, 0.717) is 0 Å². The van der Waals surface area contributed by atoms with Crippen LogP contribution in [-0.4, -0.2) is 17.5 Å². The number of rotatable bonds is 1. The van der Waals surface area contributed by atoms with Gasteiger partial charge in [-0.1, -0.05) is 36.8 Å². The Morgan fingerprint density at radius 3 is 2.67 bits per heavy atom. The van der Waals surface area contributed by atoms with Crippen LogP contribution in [0.4, 0.5) is 0 Å². The van der Waals surface area contributed by atoms with Crippen LogP contribution in [-0.2, 0) is 0 Å². The summed E-state index contributed by atoms with van der Waals surface area (Å²) in [6.45, 7) is 1.32. The van der Waals surface area contributed by atoms with Gasteiger partial charge in [-0.2, -0.15) is 0 Å². The number of piperidine rings is 1. The summed E-state index contributed by atoms with van der Waals surface area (Å²) in [6.07, 6.45) is 7.07. The van der Waals surface area contributed by atoms with E-state index in [-0.39, 0.29) is 0 Å². The summed E-state index contributed by atoms with van der Waals surface area (Å²) < 4.78 is 0. The van der Waals surface area contributed by atoms with Crippen molar-refractivity contribution in [1.82, 2.24) is 4.90 Å². The van der Waals surface area contributed by atoms with Crippen molar-refractivity contribution in [3.8, 4) is 0 Å². The van der Waals surface area contributed by atoms with E-state index in [1.807, 2.05) is 0 Å². The van der Waals surface area contributed by atoms with Crippen LogP contribution in [0.1, 0.15) is 43.7 Å². The lowest BCUT2D eigenvalue weighted by molar-refractivity contribution is 0.150. The Bertz CT molecular complexity index is 319. The van der Waals surface area contributed by atoms with Crippen LogP contribution in [0.25, 0.3) is 0 Å². The molecular weight excluding hydrogens is 182 g/mol. The first-order chi connectivity index (χ1) is 7.45. The van der Waals surface area contributed by atoms with Gasteiger partial charge >= 0.3 is 0 Å². The van der Waals surface area contributed by atoms with Gasteiger partial charge in [0.1, 0.15) is 0 Å².